The van der Waals surface area contributed by atoms with Crippen molar-refractivity contribution in [3.63, 3.8) is 0 Å². The monoisotopic (exact) mass is 253 g/mol. The van der Waals surface area contributed by atoms with Gasteiger partial charge in [-0.25, -0.2) is 4.98 Å². The Morgan fingerprint density at radius 1 is 1.59 bits per heavy atom. The number of aromatic nitrogens is 1. The largest absolute Gasteiger partial charge is 0.314 e. The highest BCUT2D eigenvalue weighted by Gasteiger charge is 2.26. The van der Waals surface area contributed by atoms with Crippen molar-refractivity contribution in [2.75, 3.05) is 26.2 Å². The van der Waals surface area contributed by atoms with Crippen molar-refractivity contribution in [3.8, 4) is 0 Å². The second-order valence-electron chi connectivity index (χ2n) is 4.60. The Kier molecular flexibility index (Phi) is 4.37. The highest BCUT2D eigenvalue weighted by atomic mass is 35.5. The van der Waals surface area contributed by atoms with E-state index in [2.05, 4.69) is 35.1 Å². The summed E-state index contributed by atoms with van der Waals surface area (Å²) in [4.78, 5) is 6.71. The van der Waals surface area contributed by atoms with Gasteiger partial charge < -0.3 is 5.32 Å². The van der Waals surface area contributed by atoms with Crippen LogP contribution in [0.5, 0.6) is 0 Å². The maximum Gasteiger partial charge on any atom is 0.129 e. The van der Waals surface area contributed by atoms with Crippen molar-refractivity contribution < 1.29 is 0 Å². The van der Waals surface area contributed by atoms with Crippen LogP contribution in [0.3, 0.4) is 0 Å². The molecule has 1 saturated heterocycles. The second-order valence-corrected chi connectivity index (χ2v) is 4.99. The highest BCUT2D eigenvalue weighted by Crippen LogP contribution is 2.24. The summed E-state index contributed by atoms with van der Waals surface area (Å²) in [6.07, 6.45) is 1.90. The summed E-state index contributed by atoms with van der Waals surface area (Å²) in [6, 6.07) is 4.51. The van der Waals surface area contributed by atoms with Crippen LogP contribution < -0.4 is 5.32 Å². The molecule has 2 rings (SSSR count). The van der Waals surface area contributed by atoms with Crippen molar-refractivity contribution in [2.24, 2.45) is 0 Å². The summed E-state index contributed by atoms with van der Waals surface area (Å²) < 4.78 is 0. The van der Waals surface area contributed by atoms with Gasteiger partial charge in [-0.2, -0.15) is 0 Å². The van der Waals surface area contributed by atoms with E-state index in [0.29, 0.717) is 17.1 Å². The molecule has 1 aromatic heterocycles. The van der Waals surface area contributed by atoms with E-state index in [1.165, 1.54) is 5.56 Å². The lowest BCUT2D eigenvalue weighted by atomic mass is 9.92. The molecule has 1 aliphatic heterocycles. The van der Waals surface area contributed by atoms with Gasteiger partial charge in [0.2, 0.25) is 0 Å². The molecule has 1 N–H and O–H groups in total. The van der Waals surface area contributed by atoms with Crippen molar-refractivity contribution in [1.29, 1.82) is 0 Å². The number of hydrogen-bond acceptors (Lipinski definition) is 3. The van der Waals surface area contributed by atoms with E-state index in [0.717, 1.165) is 26.2 Å². The van der Waals surface area contributed by atoms with Crippen molar-refractivity contribution in [3.05, 3.63) is 29.0 Å². The van der Waals surface area contributed by atoms with Gasteiger partial charge >= 0.3 is 0 Å². The summed E-state index contributed by atoms with van der Waals surface area (Å²) in [7, 11) is 0. The normalized spacial score (nSPS) is 23.6. The SMILES string of the molecule is CCN1CCNCC1C(C)c1ccc(Cl)nc1. The predicted molar refractivity (Wildman–Crippen MR) is 71.6 cm³/mol. The Morgan fingerprint density at radius 2 is 2.41 bits per heavy atom. The first-order valence-electron chi connectivity index (χ1n) is 6.28. The van der Waals surface area contributed by atoms with Crippen LogP contribution in [0.1, 0.15) is 25.3 Å². The standard InChI is InChI=1S/C13H20ClN3/c1-3-17-7-6-15-9-12(17)10(2)11-4-5-13(14)16-8-11/h4-5,8,10,12,15H,3,6-7,9H2,1-2H3. The molecule has 1 aliphatic rings. The van der Waals surface area contributed by atoms with E-state index in [-0.39, 0.29) is 0 Å². The topological polar surface area (TPSA) is 28.2 Å². The Bertz CT molecular complexity index is 352. The smallest absolute Gasteiger partial charge is 0.129 e. The Hall–Kier alpha value is -0.640. The second kappa shape index (κ2) is 5.80. The number of piperazine rings is 1. The fraction of sp³-hybridized carbons (Fsp3) is 0.615. The Labute approximate surface area is 108 Å². The molecular formula is C13H20ClN3. The molecule has 0 spiro atoms. The van der Waals surface area contributed by atoms with Crippen LogP contribution in [0.25, 0.3) is 0 Å². The molecule has 1 aromatic rings. The number of nitrogens with zero attached hydrogens (tertiary/aromatic N) is 2. The molecule has 4 heteroatoms. The Morgan fingerprint density at radius 3 is 3.06 bits per heavy atom. The molecule has 0 radical (unpaired) electrons. The van der Waals surface area contributed by atoms with Gasteiger partial charge in [0, 0.05) is 31.9 Å². The Balaban J connectivity index is 2.12. The maximum atomic E-state index is 5.82. The summed E-state index contributed by atoms with van der Waals surface area (Å²) >= 11 is 5.82. The van der Waals surface area contributed by atoms with Crippen LogP contribution in [0.4, 0.5) is 0 Å². The zero-order valence-electron chi connectivity index (χ0n) is 10.5. The highest BCUT2D eigenvalue weighted by molar-refractivity contribution is 6.29. The van der Waals surface area contributed by atoms with Crippen molar-refractivity contribution in [2.45, 2.75) is 25.8 Å². The fourth-order valence-electron chi connectivity index (χ4n) is 2.53. The van der Waals surface area contributed by atoms with Crippen LogP contribution in [0, 0.1) is 0 Å². The number of likely N-dealkylation sites (N-methyl/N-ethyl adjacent to an activating group) is 1. The number of halogens is 1. The minimum Gasteiger partial charge on any atom is -0.314 e. The molecule has 0 aromatic carbocycles. The summed E-state index contributed by atoms with van der Waals surface area (Å²) in [5.74, 6) is 0.479. The first kappa shape index (κ1) is 12.8. The summed E-state index contributed by atoms with van der Waals surface area (Å²) in [6.45, 7) is 8.88. The molecule has 2 unspecified atom stereocenters. The number of hydrogen-bond donors (Lipinski definition) is 1. The lowest BCUT2D eigenvalue weighted by Gasteiger charge is -2.39. The van der Waals surface area contributed by atoms with Crippen LogP contribution in [0.15, 0.2) is 18.3 Å². The van der Waals surface area contributed by atoms with Gasteiger partial charge in [-0.3, -0.25) is 4.90 Å². The molecule has 0 aliphatic carbocycles. The molecule has 17 heavy (non-hydrogen) atoms. The van der Waals surface area contributed by atoms with Gasteiger partial charge in [0.1, 0.15) is 5.15 Å². The minimum absolute atomic E-state index is 0.479. The molecule has 0 amide bonds. The first-order valence-corrected chi connectivity index (χ1v) is 6.66. The summed E-state index contributed by atoms with van der Waals surface area (Å²) in [5, 5.41) is 4.04. The lowest BCUT2D eigenvalue weighted by molar-refractivity contribution is 0.150. The third-order valence-corrected chi connectivity index (χ3v) is 3.88. The molecule has 2 heterocycles. The van der Waals surface area contributed by atoms with Gasteiger partial charge in [-0.05, 0) is 24.1 Å². The van der Waals surface area contributed by atoms with Gasteiger partial charge in [-0.1, -0.05) is 31.5 Å². The number of rotatable bonds is 3. The number of pyridine rings is 1. The van der Waals surface area contributed by atoms with E-state index in [4.69, 9.17) is 11.6 Å². The average Bonchev–Trinajstić information content (AvgIpc) is 2.39. The fourth-order valence-corrected chi connectivity index (χ4v) is 2.64. The van der Waals surface area contributed by atoms with Crippen LogP contribution >= 0.6 is 11.6 Å². The quantitative estimate of drug-likeness (QED) is 0.837. The average molecular weight is 254 g/mol. The molecule has 0 bridgehead atoms. The zero-order chi connectivity index (χ0) is 12.3. The lowest BCUT2D eigenvalue weighted by Crippen LogP contribution is -2.53. The van der Waals surface area contributed by atoms with Gasteiger partial charge in [0.05, 0.1) is 0 Å². The van der Waals surface area contributed by atoms with E-state index in [9.17, 15) is 0 Å². The molecule has 1 fully saturated rings. The first-order chi connectivity index (χ1) is 8.22. The molecule has 3 nitrogen and oxygen atoms in total. The summed E-state index contributed by atoms with van der Waals surface area (Å²) in [5.41, 5.74) is 1.27. The van der Waals surface area contributed by atoms with E-state index < -0.39 is 0 Å². The zero-order valence-corrected chi connectivity index (χ0v) is 11.2. The van der Waals surface area contributed by atoms with E-state index in [1.807, 2.05) is 12.3 Å². The van der Waals surface area contributed by atoms with Crippen LogP contribution in [-0.2, 0) is 0 Å². The van der Waals surface area contributed by atoms with Gasteiger partial charge in [-0.15, -0.1) is 0 Å². The third kappa shape index (κ3) is 2.97. The predicted octanol–water partition coefficient (Wildman–Crippen LogP) is 2.13. The maximum absolute atomic E-state index is 5.82. The minimum atomic E-state index is 0.479. The molecule has 2 atom stereocenters. The molecular weight excluding hydrogens is 234 g/mol. The molecule has 94 valence electrons. The van der Waals surface area contributed by atoms with E-state index >= 15 is 0 Å². The van der Waals surface area contributed by atoms with E-state index in [1.54, 1.807) is 0 Å². The van der Waals surface area contributed by atoms with Crippen LogP contribution in [0.2, 0.25) is 5.15 Å². The van der Waals surface area contributed by atoms with Crippen molar-refractivity contribution >= 4 is 11.6 Å². The third-order valence-electron chi connectivity index (χ3n) is 3.66. The van der Waals surface area contributed by atoms with Gasteiger partial charge in [0.25, 0.3) is 0 Å². The number of nitrogens with one attached hydrogen (secondary N) is 1. The van der Waals surface area contributed by atoms with Crippen molar-refractivity contribution in [1.82, 2.24) is 15.2 Å². The van der Waals surface area contributed by atoms with Gasteiger partial charge in [0.15, 0.2) is 0 Å². The molecule has 0 saturated carbocycles. The van der Waals surface area contributed by atoms with Crippen LogP contribution in [-0.4, -0.2) is 42.1 Å².